The molecule has 1 atom stereocenters. The van der Waals surface area contributed by atoms with Crippen LogP contribution in [0.3, 0.4) is 0 Å². The highest BCUT2D eigenvalue weighted by atomic mass is 16.5. The minimum atomic E-state index is -0.830. The van der Waals surface area contributed by atoms with Crippen molar-refractivity contribution in [2.24, 2.45) is 5.92 Å². The van der Waals surface area contributed by atoms with E-state index >= 15 is 0 Å². The molecule has 0 saturated carbocycles. The molecule has 0 aliphatic heterocycles. The van der Waals surface area contributed by atoms with E-state index in [1.54, 1.807) is 42.5 Å². The standard InChI is InChI=1S/C22H24N2O6/c1-4-27-17-9-6-5-8-16(17)21(25)23-20(14(2)3)22(26)29-13-15-12-19(30-24-15)18-10-7-11-28-18/h5-12,14,20H,4,13H2,1-3H3,(H,23,25)/t20-/m0/s1. The number of nitrogens with zero attached hydrogens (tertiary/aromatic N) is 1. The average molecular weight is 412 g/mol. The van der Waals surface area contributed by atoms with Crippen LogP contribution in [0.1, 0.15) is 36.8 Å². The first-order chi connectivity index (χ1) is 14.5. The molecule has 0 fully saturated rings. The van der Waals surface area contributed by atoms with Crippen LogP contribution in [0.25, 0.3) is 11.5 Å². The molecule has 2 heterocycles. The van der Waals surface area contributed by atoms with Crippen LogP contribution in [-0.4, -0.2) is 29.7 Å². The second kappa shape index (κ2) is 9.78. The van der Waals surface area contributed by atoms with Crippen molar-refractivity contribution in [1.29, 1.82) is 0 Å². The number of hydrogen-bond acceptors (Lipinski definition) is 7. The van der Waals surface area contributed by atoms with Crippen molar-refractivity contribution in [3.05, 3.63) is 60.0 Å². The molecule has 0 bridgehead atoms. The smallest absolute Gasteiger partial charge is 0.329 e. The number of ether oxygens (including phenoxy) is 2. The van der Waals surface area contributed by atoms with Gasteiger partial charge in [0, 0.05) is 6.07 Å². The van der Waals surface area contributed by atoms with E-state index < -0.39 is 17.9 Å². The van der Waals surface area contributed by atoms with Crippen molar-refractivity contribution in [3.63, 3.8) is 0 Å². The summed E-state index contributed by atoms with van der Waals surface area (Å²) in [5, 5.41) is 6.62. The Labute approximate surface area is 174 Å². The maximum atomic E-state index is 12.7. The lowest BCUT2D eigenvalue weighted by molar-refractivity contribution is -0.148. The number of amides is 1. The van der Waals surface area contributed by atoms with Crippen LogP contribution in [0.2, 0.25) is 0 Å². The summed E-state index contributed by atoms with van der Waals surface area (Å²) in [7, 11) is 0. The topological polar surface area (TPSA) is 104 Å². The SMILES string of the molecule is CCOc1ccccc1C(=O)N[C@H](C(=O)OCc1cc(-c2ccco2)on1)C(C)C. The molecule has 8 heteroatoms. The Bertz CT molecular complexity index is 977. The molecule has 0 saturated heterocycles. The van der Waals surface area contributed by atoms with E-state index in [4.69, 9.17) is 18.4 Å². The number of nitrogens with one attached hydrogen (secondary N) is 1. The van der Waals surface area contributed by atoms with Gasteiger partial charge in [0.15, 0.2) is 5.76 Å². The lowest BCUT2D eigenvalue weighted by Gasteiger charge is -2.21. The first-order valence-corrected chi connectivity index (χ1v) is 9.68. The second-order valence-corrected chi connectivity index (χ2v) is 6.89. The van der Waals surface area contributed by atoms with Gasteiger partial charge in [0.1, 0.15) is 24.1 Å². The quantitative estimate of drug-likeness (QED) is 0.533. The fraction of sp³-hybridized carbons (Fsp3) is 0.318. The van der Waals surface area contributed by atoms with Gasteiger partial charge in [-0.3, -0.25) is 4.79 Å². The number of rotatable bonds is 9. The lowest BCUT2D eigenvalue weighted by Crippen LogP contribution is -2.45. The highest BCUT2D eigenvalue weighted by Gasteiger charge is 2.27. The maximum Gasteiger partial charge on any atom is 0.329 e. The molecule has 0 unspecified atom stereocenters. The van der Waals surface area contributed by atoms with Gasteiger partial charge < -0.3 is 23.7 Å². The molecule has 3 rings (SSSR count). The van der Waals surface area contributed by atoms with Crippen LogP contribution < -0.4 is 10.1 Å². The van der Waals surface area contributed by atoms with Crippen LogP contribution in [0.4, 0.5) is 0 Å². The van der Waals surface area contributed by atoms with E-state index in [2.05, 4.69) is 10.5 Å². The summed E-state index contributed by atoms with van der Waals surface area (Å²) in [6, 6.07) is 11.2. The van der Waals surface area contributed by atoms with Gasteiger partial charge in [0.05, 0.1) is 18.4 Å². The van der Waals surface area contributed by atoms with E-state index in [-0.39, 0.29) is 12.5 Å². The second-order valence-electron chi connectivity index (χ2n) is 6.89. The van der Waals surface area contributed by atoms with Gasteiger partial charge in [0.25, 0.3) is 5.91 Å². The van der Waals surface area contributed by atoms with Gasteiger partial charge in [-0.1, -0.05) is 31.1 Å². The summed E-state index contributed by atoms with van der Waals surface area (Å²) in [5.41, 5.74) is 0.794. The van der Waals surface area contributed by atoms with Crippen LogP contribution in [0.15, 0.2) is 57.7 Å². The van der Waals surface area contributed by atoms with Crippen molar-refractivity contribution < 1.29 is 28.0 Å². The van der Waals surface area contributed by atoms with E-state index in [9.17, 15) is 9.59 Å². The average Bonchev–Trinajstić information content (AvgIpc) is 3.42. The number of aromatic nitrogens is 1. The van der Waals surface area contributed by atoms with Crippen molar-refractivity contribution in [2.75, 3.05) is 6.61 Å². The number of carbonyl (C=O) groups excluding carboxylic acids is 2. The van der Waals surface area contributed by atoms with Crippen LogP contribution in [-0.2, 0) is 16.1 Å². The fourth-order valence-electron chi connectivity index (χ4n) is 2.80. The number of carbonyl (C=O) groups is 2. The molecular formula is C22H24N2O6. The molecule has 0 aliphatic rings. The minimum Gasteiger partial charge on any atom is -0.493 e. The number of esters is 1. The van der Waals surface area contributed by atoms with E-state index in [1.807, 2.05) is 20.8 Å². The third-order valence-electron chi connectivity index (χ3n) is 4.32. The summed E-state index contributed by atoms with van der Waals surface area (Å²) in [5.74, 6) is 0.275. The third kappa shape index (κ3) is 5.08. The summed E-state index contributed by atoms with van der Waals surface area (Å²) in [4.78, 5) is 25.4. The molecule has 30 heavy (non-hydrogen) atoms. The fourth-order valence-corrected chi connectivity index (χ4v) is 2.80. The van der Waals surface area contributed by atoms with Crippen molar-refractivity contribution >= 4 is 11.9 Å². The number of benzene rings is 1. The molecule has 158 valence electrons. The Balaban J connectivity index is 1.63. The Hall–Kier alpha value is -3.55. The lowest BCUT2D eigenvalue weighted by atomic mass is 10.0. The summed E-state index contributed by atoms with van der Waals surface area (Å²) < 4.78 is 21.3. The van der Waals surface area contributed by atoms with Crippen molar-refractivity contribution in [1.82, 2.24) is 10.5 Å². The van der Waals surface area contributed by atoms with Gasteiger partial charge in [-0.25, -0.2) is 4.79 Å². The predicted molar refractivity (Wildman–Crippen MR) is 108 cm³/mol. The van der Waals surface area contributed by atoms with Crippen LogP contribution in [0, 0.1) is 5.92 Å². The van der Waals surface area contributed by atoms with Crippen LogP contribution in [0.5, 0.6) is 5.75 Å². The first kappa shape index (κ1) is 21.2. The summed E-state index contributed by atoms with van der Waals surface area (Å²) in [6.45, 7) is 5.83. The molecule has 0 radical (unpaired) electrons. The Kier molecular flexibility index (Phi) is 6.90. The Morgan fingerprint density at radius 3 is 2.63 bits per heavy atom. The van der Waals surface area contributed by atoms with Gasteiger partial charge in [-0.15, -0.1) is 0 Å². The van der Waals surface area contributed by atoms with E-state index in [0.29, 0.717) is 35.1 Å². The molecule has 3 aromatic rings. The van der Waals surface area contributed by atoms with Crippen molar-refractivity contribution in [2.45, 2.75) is 33.4 Å². The number of hydrogen-bond donors (Lipinski definition) is 1. The van der Waals surface area contributed by atoms with Gasteiger partial charge >= 0.3 is 5.97 Å². The molecule has 2 aromatic heterocycles. The molecule has 0 aliphatic carbocycles. The Morgan fingerprint density at radius 2 is 1.93 bits per heavy atom. The zero-order valence-corrected chi connectivity index (χ0v) is 17.1. The minimum absolute atomic E-state index is 0.0856. The molecule has 0 spiro atoms. The van der Waals surface area contributed by atoms with Gasteiger partial charge in [-0.2, -0.15) is 0 Å². The molecule has 1 N–H and O–H groups in total. The maximum absolute atomic E-state index is 12.7. The number of para-hydroxylation sites is 1. The van der Waals surface area contributed by atoms with E-state index in [0.717, 1.165) is 0 Å². The first-order valence-electron chi connectivity index (χ1n) is 9.68. The summed E-state index contributed by atoms with van der Waals surface area (Å²) >= 11 is 0. The van der Waals surface area contributed by atoms with Crippen LogP contribution >= 0.6 is 0 Å². The molecule has 1 amide bonds. The number of furan rings is 1. The zero-order chi connectivity index (χ0) is 21.5. The highest BCUT2D eigenvalue weighted by molar-refractivity contribution is 5.99. The monoisotopic (exact) mass is 412 g/mol. The highest BCUT2D eigenvalue weighted by Crippen LogP contribution is 2.21. The van der Waals surface area contributed by atoms with Gasteiger partial charge in [-0.05, 0) is 37.1 Å². The molecule has 8 nitrogen and oxygen atoms in total. The van der Waals surface area contributed by atoms with E-state index in [1.165, 1.54) is 6.26 Å². The molecular weight excluding hydrogens is 388 g/mol. The molecule has 1 aromatic carbocycles. The van der Waals surface area contributed by atoms with Crippen molar-refractivity contribution in [3.8, 4) is 17.3 Å². The largest absolute Gasteiger partial charge is 0.493 e. The normalized spacial score (nSPS) is 11.9. The predicted octanol–water partition coefficient (Wildman–Crippen LogP) is 3.83. The zero-order valence-electron chi connectivity index (χ0n) is 17.1. The Morgan fingerprint density at radius 1 is 1.13 bits per heavy atom. The van der Waals surface area contributed by atoms with Gasteiger partial charge in [0.2, 0.25) is 5.76 Å². The summed E-state index contributed by atoms with van der Waals surface area (Å²) in [6.07, 6.45) is 1.52. The third-order valence-corrected chi connectivity index (χ3v) is 4.32.